The van der Waals surface area contributed by atoms with Crippen LogP contribution in [-0.4, -0.2) is 10.7 Å². The molecule has 2 nitrogen and oxygen atoms in total. The van der Waals surface area contributed by atoms with E-state index in [4.69, 9.17) is 4.74 Å². The minimum absolute atomic E-state index is 0.306. The monoisotopic (exact) mass is 433 g/mol. The van der Waals surface area contributed by atoms with Gasteiger partial charge < -0.3 is 9.30 Å². The van der Waals surface area contributed by atoms with Crippen LogP contribution in [0.5, 0.6) is 5.75 Å². The Morgan fingerprint density at radius 2 is 1.85 bits per heavy atom. The molecular weight excluding hydrogens is 402 g/mol. The van der Waals surface area contributed by atoms with E-state index in [1.807, 2.05) is 0 Å². The van der Waals surface area contributed by atoms with Gasteiger partial charge in [-0.1, -0.05) is 80.1 Å². The molecule has 5 unspecified atom stereocenters. The molecule has 0 N–H and O–H groups in total. The van der Waals surface area contributed by atoms with Crippen molar-refractivity contribution in [3.05, 3.63) is 90.1 Å². The highest BCUT2D eigenvalue weighted by molar-refractivity contribution is 6.12. The second-order valence-corrected chi connectivity index (χ2v) is 10.3. The summed E-state index contributed by atoms with van der Waals surface area (Å²) >= 11 is 0. The molecule has 7 rings (SSSR count). The Morgan fingerprint density at radius 3 is 2.73 bits per heavy atom. The third-order valence-electron chi connectivity index (χ3n) is 8.42. The molecule has 1 saturated carbocycles. The first-order chi connectivity index (χ1) is 16.3. The highest BCUT2D eigenvalue weighted by Gasteiger charge is 2.38. The Balaban J connectivity index is 1.36. The fourth-order valence-electron chi connectivity index (χ4n) is 6.80. The summed E-state index contributed by atoms with van der Waals surface area (Å²) in [7, 11) is 0. The molecule has 4 aliphatic rings. The Hall–Kier alpha value is -3.00. The van der Waals surface area contributed by atoms with Crippen LogP contribution in [0.1, 0.15) is 56.6 Å². The van der Waals surface area contributed by atoms with Gasteiger partial charge in [0.25, 0.3) is 0 Å². The van der Waals surface area contributed by atoms with Crippen molar-refractivity contribution in [1.82, 2.24) is 4.57 Å². The van der Waals surface area contributed by atoms with E-state index in [2.05, 4.69) is 90.4 Å². The summed E-state index contributed by atoms with van der Waals surface area (Å²) in [6.07, 6.45) is 22.8. The summed E-state index contributed by atoms with van der Waals surface area (Å²) in [6.45, 7) is 2.37. The lowest BCUT2D eigenvalue weighted by Gasteiger charge is -2.28. The number of hydrogen-bond acceptors (Lipinski definition) is 1. The van der Waals surface area contributed by atoms with Crippen LogP contribution in [0.25, 0.3) is 21.8 Å². The molecule has 33 heavy (non-hydrogen) atoms. The molecule has 3 aliphatic carbocycles. The van der Waals surface area contributed by atoms with Gasteiger partial charge in [-0.2, -0.15) is 0 Å². The van der Waals surface area contributed by atoms with Crippen LogP contribution in [0.4, 0.5) is 0 Å². The Labute approximate surface area is 195 Å². The summed E-state index contributed by atoms with van der Waals surface area (Å²) < 4.78 is 9.27. The summed E-state index contributed by atoms with van der Waals surface area (Å²) in [5.74, 6) is 2.69. The molecule has 1 fully saturated rings. The molecule has 5 atom stereocenters. The lowest BCUT2D eigenvalue weighted by molar-refractivity contribution is 0.165. The first-order valence-corrected chi connectivity index (χ1v) is 12.7. The van der Waals surface area contributed by atoms with Crippen molar-refractivity contribution in [1.29, 1.82) is 0 Å². The van der Waals surface area contributed by atoms with Crippen molar-refractivity contribution in [2.45, 2.75) is 57.1 Å². The van der Waals surface area contributed by atoms with Crippen LogP contribution in [0.2, 0.25) is 0 Å². The molecule has 0 amide bonds. The van der Waals surface area contributed by atoms with Gasteiger partial charge in [-0.05, 0) is 49.3 Å². The van der Waals surface area contributed by atoms with Crippen molar-refractivity contribution in [2.75, 3.05) is 0 Å². The average molecular weight is 434 g/mol. The van der Waals surface area contributed by atoms with Crippen LogP contribution in [0, 0.1) is 11.8 Å². The molecule has 1 aliphatic heterocycles. The molecule has 0 radical (unpaired) electrons. The van der Waals surface area contributed by atoms with Gasteiger partial charge in [-0.25, -0.2) is 0 Å². The predicted octanol–water partition coefficient (Wildman–Crippen LogP) is 8.02. The smallest absolute Gasteiger partial charge is 0.133 e. The molecule has 0 saturated heterocycles. The van der Waals surface area contributed by atoms with E-state index in [9.17, 15) is 0 Å². The molecule has 2 aromatic carbocycles. The van der Waals surface area contributed by atoms with E-state index >= 15 is 0 Å². The summed E-state index contributed by atoms with van der Waals surface area (Å²) in [6, 6.07) is 14.0. The molecule has 3 aromatic rings. The minimum atomic E-state index is 0.306. The predicted molar refractivity (Wildman–Crippen MR) is 137 cm³/mol. The molecule has 0 spiro atoms. The van der Waals surface area contributed by atoms with Gasteiger partial charge in [0, 0.05) is 33.7 Å². The van der Waals surface area contributed by atoms with Crippen molar-refractivity contribution < 1.29 is 4.74 Å². The number of ether oxygens (including phenoxy) is 1. The second kappa shape index (κ2) is 7.52. The van der Waals surface area contributed by atoms with Crippen LogP contribution in [0.3, 0.4) is 0 Å². The van der Waals surface area contributed by atoms with E-state index < -0.39 is 0 Å². The van der Waals surface area contributed by atoms with Crippen LogP contribution >= 0.6 is 0 Å². The molecule has 166 valence electrons. The van der Waals surface area contributed by atoms with Gasteiger partial charge in [-0.15, -0.1) is 0 Å². The van der Waals surface area contributed by atoms with Gasteiger partial charge in [0.05, 0.1) is 11.6 Å². The third-order valence-corrected chi connectivity index (χ3v) is 8.42. The zero-order valence-electron chi connectivity index (χ0n) is 19.3. The van der Waals surface area contributed by atoms with Crippen LogP contribution in [-0.2, 0) is 0 Å². The fourth-order valence-corrected chi connectivity index (χ4v) is 6.80. The SMILES string of the molecule is CC1C=C(C2C=CC=CC2)C=CC1n1c2ccccc2c2c3c(ccc21)C1CCCCC1O3. The maximum Gasteiger partial charge on any atom is 0.133 e. The first kappa shape index (κ1) is 19.5. The number of aromatic nitrogens is 1. The van der Waals surface area contributed by atoms with Crippen molar-refractivity contribution in [2.24, 2.45) is 11.8 Å². The lowest BCUT2D eigenvalue weighted by Crippen LogP contribution is -2.22. The third kappa shape index (κ3) is 2.93. The fraction of sp³-hybridized carbons (Fsp3) is 0.355. The van der Waals surface area contributed by atoms with E-state index in [0.717, 1.165) is 6.42 Å². The largest absolute Gasteiger partial charge is 0.489 e. The van der Waals surface area contributed by atoms with Gasteiger partial charge in [0.2, 0.25) is 0 Å². The quantitative estimate of drug-likeness (QED) is 0.399. The number of allylic oxidation sites excluding steroid dienone is 8. The number of para-hydroxylation sites is 1. The highest BCUT2D eigenvalue weighted by Crippen LogP contribution is 2.51. The summed E-state index contributed by atoms with van der Waals surface area (Å²) in [5.41, 5.74) is 5.53. The van der Waals surface area contributed by atoms with E-state index in [1.54, 1.807) is 0 Å². The number of rotatable bonds is 2. The van der Waals surface area contributed by atoms with Crippen molar-refractivity contribution in [3.8, 4) is 5.75 Å². The Bertz CT molecular complexity index is 1370. The minimum Gasteiger partial charge on any atom is -0.489 e. The average Bonchev–Trinajstić information content (AvgIpc) is 3.40. The molecule has 1 aromatic heterocycles. The Morgan fingerprint density at radius 1 is 0.939 bits per heavy atom. The Kier molecular flexibility index (Phi) is 4.43. The zero-order valence-corrected chi connectivity index (χ0v) is 19.3. The normalized spacial score (nSPS) is 30.3. The van der Waals surface area contributed by atoms with Crippen LogP contribution in [0.15, 0.2) is 84.5 Å². The van der Waals surface area contributed by atoms with Crippen LogP contribution < -0.4 is 4.74 Å². The molecular formula is C31H31NO. The summed E-state index contributed by atoms with van der Waals surface area (Å²) in [4.78, 5) is 0. The number of benzene rings is 2. The molecule has 2 heteroatoms. The molecule has 0 bridgehead atoms. The van der Waals surface area contributed by atoms with Gasteiger partial charge >= 0.3 is 0 Å². The van der Waals surface area contributed by atoms with Gasteiger partial charge in [-0.3, -0.25) is 0 Å². The lowest BCUT2D eigenvalue weighted by atomic mass is 9.83. The number of fused-ring (bicyclic) bond motifs is 7. The van der Waals surface area contributed by atoms with Gasteiger partial charge in [0.1, 0.15) is 11.9 Å². The number of nitrogens with zero attached hydrogens (tertiary/aromatic N) is 1. The topological polar surface area (TPSA) is 14.2 Å². The second-order valence-electron chi connectivity index (χ2n) is 10.3. The zero-order chi connectivity index (χ0) is 21.9. The maximum absolute atomic E-state index is 6.70. The van der Waals surface area contributed by atoms with E-state index in [-0.39, 0.29) is 0 Å². The highest BCUT2D eigenvalue weighted by atomic mass is 16.5. The first-order valence-electron chi connectivity index (χ1n) is 12.7. The van der Waals surface area contributed by atoms with E-state index in [0.29, 0.717) is 29.9 Å². The van der Waals surface area contributed by atoms with Crippen molar-refractivity contribution in [3.63, 3.8) is 0 Å². The van der Waals surface area contributed by atoms with Gasteiger partial charge in [0.15, 0.2) is 0 Å². The number of hydrogen-bond donors (Lipinski definition) is 0. The molecule has 2 heterocycles. The maximum atomic E-state index is 6.70. The summed E-state index contributed by atoms with van der Waals surface area (Å²) in [5, 5.41) is 2.66. The standard InChI is InChI=1S/C31H31NO/c1-20-19-22(21-9-3-2-4-10-21)15-17-26(20)32-27-13-7-5-12-25(27)30-28(32)18-16-24-23-11-6-8-14-29(23)33-31(24)30/h2-5,7,9,12-13,15-21,23,26,29H,6,8,10-11,14H2,1H3. The van der Waals surface area contributed by atoms with E-state index in [1.165, 1.54) is 64.4 Å². The van der Waals surface area contributed by atoms with Crippen molar-refractivity contribution >= 4 is 21.8 Å².